The van der Waals surface area contributed by atoms with Crippen molar-refractivity contribution < 1.29 is 23.4 Å². The lowest BCUT2D eigenvalue weighted by atomic mass is 10.1. The van der Waals surface area contributed by atoms with Gasteiger partial charge >= 0.3 is 0 Å². The van der Waals surface area contributed by atoms with Gasteiger partial charge in [-0.1, -0.05) is 6.07 Å². The molecule has 6 heteroatoms. The van der Waals surface area contributed by atoms with Gasteiger partial charge in [0, 0.05) is 6.54 Å². The van der Waals surface area contributed by atoms with Crippen LogP contribution < -0.4 is 19.5 Å². The van der Waals surface area contributed by atoms with E-state index in [1.807, 2.05) is 6.07 Å². The van der Waals surface area contributed by atoms with Gasteiger partial charge in [0.05, 0.1) is 27.2 Å². The van der Waals surface area contributed by atoms with Crippen LogP contribution in [0.3, 0.4) is 0 Å². The number of rotatable bonds is 9. The molecule has 0 heterocycles. The summed E-state index contributed by atoms with van der Waals surface area (Å²) in [7, 11) is 3.13. The summed E-state index contributed by atoms with van der Waals surface area (Å²) in [6.07, 6.45) is 0.925. The first kappa shape index (κ1) is 18.6. The lowest BCUT2D eigenvalue weighted by Gasteiger charge is -2.10. The van der Waals surface area contributed by atoms with Crippen LogP contribution in [0.4, 0.5) is 4.39 Å². The standard InChI is InChI=1S/C19H22FNO4/c1-23-17-9-4-14(12-18(17)24-2)13-19(22)21-10-3-11-25-16-7-5-15(20)6-8-16/h4-9,12H,3,10-11,13H2,1-2H3,(H,21,22). The van der Waals surface area contributed by atoms with E-state index in [2.05, 4.69) is 5.32 Å². The monoisotopic (exact) mass is 347 g/mol. The first-order chi connectivity index (χ1) is 12.1. The van der Waals surface area contributed by atoms with Crippen LogP contribution in [-0.2, 0) is 11.2 Å². The smallest absolute Gasteiger partial charge is 0.224 e. The van der Waals surface area contributed by atoms with E-state index in [1.165, 1.54) is 12.1 Å². The zero-order valence-corrected chi connectivity index (χ0v) is 14.4. The molecular weight excluding hydrogens is 325 g/mol. The number of carbonyl (C=O) groups is 1. The van der Waals surface area contributed by atoms with E-state index >= 15 is 0 Å². The van der Waals surface area contributed by atoms with Gasteiger partial charge in [0.1, 0.15) is 11.6 Å². The molecule has 0 aliphatic rings. The zero-order valence-electron chi connectivity index (χ0n) is 14.4. The quantitative estimate of drug-likeness (QED) is 0.709. The lowest BCUT2D eigenvalue weighted by Crippen LogP contribution is -2.27. The van der Waals surface area contributed by atoms with Crippen molar-refractivity contribution in [1.82, 2.24) is 5.32 Å². The van der Waals surface area contributed by atoms with Crippen LogP contribution in [0.1, 0.15) is 12.0 Å². The molecular formula is C19H22FNO4. The molecule has 0 radical (unpaired) electrons. The number of nitrogens with one attached hydrogen (secondary N) is 1. The van der Waals surface area contributed by atoms with Crippen molar-refractivity contribution in [3.8, 4) is 17.2 Å². The third-order valence-corrected chi connectivity index (χ3v) is 3.54. The predicted molar refractivity (Wildman–Crippen MR) is 92.8 cm³/mol. The fraction of sp³-hybridized carbons (Fsp3) is 0.316. The van der Waals surface area contributed by atoms with Gasteiger partial charge in [-0.05, 0) is 48.4 Å². The summed E-state index contributed by atoms with van der Waals surface area (Å²) in [5.74, 6) is 1.46. The summed E-state index contributed by atoms with van der Waals surface area (Å²) in [6, 6.07) is 11.2. The molecule has 0 fully saturated rings. The van der Waals surface area contributed by atoms with Crippen molar-refractivity contribution in [2.24, 2.45) is 0 Å². The van der Waals surface area contributed by atoms with Crippen LogP contribution in [0, 0.1) is 5.82 Å². The molecule has 2 aromatic carbocycles. The van der Waals surface area contributed by atoms with Gasteiger partial charge < -0.3 is 19.5 Å². The Bertz CT molecular complexity index is 688. The molecule has 25 heavy (non-hydrogen) atoms. The fourth-order valence-corrected chi connectivity index (χ4v) is 2.26. The number of benzene rings is 2. The Balaban J connectivity index is 1.69. The molecule has 5 nitrogen and oxygen atoms in total. The maximum atomic E-state index is 12.8. The van der Waals surface area contributed by atoms with Crippen LogP contribution >= 0.6 is 0 Å². The summed E-state index contributed by atoms with van der Waals surface area (Å²) in [5, 5.41) is 2.84. The Morgan fingerprint density at radius 2 is 1.76 bits per heavy atom. The number of carbonyl (C=O) groups excluding carboxylic acids is 1. The SMILES string of the molecule is COc1ccc(CC(=O)NCCCOc2ccc(F)cc2)cc1OC. The highest BCUT2D eigenvalue weighted by molar-refractivity contribution is 5.78. The summed E-state index contributed by atoms with van der Waals surface area (Å²) in [6.45, 7) is 0.954. The van der Waals surface area contributed by atoms with Crippen LogP contribution in [0.2, 0.25) is 0 Å². The molecule has 1 amide bonds. The first-order valence-electron chi connectivity index (χ1n) is 7.98. The summed E-state index contributed by atoms with van der Waals surface area (Å²) >= 11 is 0. The molecule has 134 valence electrons. The van der Waals surface area contributed by atoms with E-state index in [-0.39, 0.29) is 18.1 Å². The number of amides is 1. The van der Waals surface area contributed by atoms with Crippen LogP contribution in [0.15, 0.2) is 42.5 Å². The zero-order chi connectivity index (χ0) is 18.1. The van der Waals surface area contributed by atoms with Gasteiger partial charge in [-0.3, -0.25) is 4.79 Å². The van der Waals surface area contributed by atoms with Gasteiger partial charge in [0.25, 0.3) is 0 Å². The van der Waals surface area contributed by atoms with Crippen LogP contribution in [0.5, 0.6) is 17.2 Å². The highest BCUT2D eigenvalue weighted by Gasteiger charge is 2.08. The minimum absolute atomic E-state index is 0.0750. The molecule has 0 aliphatic heterocycles. The predicted octanol–water partition coefficient (Wildman–Crippen LogP) is 2.97. The molecule has 0 saturated heterocycles. The topological polar surface area (TPSA) is 56.8 Å². The molecule has 2 rings (SSSR count). The second-order valence-electron chi connectivity index (χ2n) is 5.37. The molecule has 0 unspecified atom stereocenters. The van der Waals surface area contributed by atoms with Gasteiger partial charge in [-0.15, -0.1) is 0 Å². The van der Waals surface area contributed by atoms with Crippen LogP contribution in [0.25, 0.3) is 0 Å². The highest BCUT2D eigenvalue weighted by atomic mass is 19.1. The number of hydrogen-bond acceptors (Lipinski definition) is 4. The first-order valence-corrected chi connectivity index (χ1v) is 7.98. The van der Waals surface area contributed by atoms with Crippen molar-refractivity contribution >= 4 is 5.91 Å². The molecule has 0 aliphatic carbocycles. The normalized spacial score (nSPS) is 10.2. The van der Waals surface area contributed by atoms with Crippen LogP contribution in [-0.4, -0.2) is 33.3 Å². The second kappa shape index (κ2) is 9.52. The van der Waals surface area contributed by atoms with Gasteiger partial charge in [-0.25, -0.2) is 4.39 Å². The van der Waals surface area contributed by atoms with E-state index in [1.54, 1.807) is 38.5 Å². The van der Waals surface area contributed by atoms with Crippen molar-refractivity contribution in [3.05, 3.63) is 53.8 Å². The Kier molecular flexibility index (Phi) is 7.07. The van der Waals surface area contributed by atoms with Crippen molar-refractivity contribution in [1.29, 1.82) is 0 Å². The molecule has 0 atom stereocenters. The average Bonchev–Trinajstić information content (AvgIpc) is 2.62. The lowest BCUT2D eigenvalue weighted by molar-refractivity contribution is -0.120. The third-order valence-electron chi connectivity index (χ3n) is 3.54. The Labute approximate surface area is 146 Å². The number of hydrogen-bond donors (Lipinski definition) is 1. The fourth-order valence-electron chi connectivity index (χ4n) is 2.26. The average molecular weight is 347 g/mol. The van der Waals surface area contributed by atoms with E-state index in [9.17, 15) is 9.18 Å². The Morgan fingerprint density at radius 1 is 1.04 bits per heavy atom. The molecule has 0 saturated carbocycles. The van der Waals surface area contributed by atoms with E-state index < -0.39 is 0 Å². The number of ether oxygens (including phenoxy) is 3. The van der Waals surface area contributed by atoms with Crippen molar-refractivity contribution in [2.45, 2.75) is 12.8 Å². The Morgan fingerprint density at radius 3 is 2.44 bits per heavy atom. The molecule has 1 N–H and O–H groups in total. The van der Waals surface area contributed by atoms with E-state index in [0.717, 1.165) is 5.56 Å². The summed E-state index contributed by atoms with van der Waals surface area (Å²) in [4.78, 5) is 12.0. The molecule has 0 spiro atoms. The van der Waals surface area contributed by atoms with Gasteiger partial charge in [0.2, 0.25) is 5.91 Å². The maximum Gasteiger partial charge on any atom is 0.224 e. The minimum atomic E-state index is -0.297. The Hall–Kier alpha value is -2.76. The highest BCUT2D eigenvalue weighted by Crippen LogP contribution is 2.27. The molecule has 2 aromatic rings. The molecule has 0 bridgehead atoms. The molecule has 0 aromatic heterocycles. The summed E-state index contributed by atoms with van der Waals surface area (Å²) < 4.78 is 28.6. The largest absolute Gasteiger partial charge is 0.494 e. The van der Waals surface area contributed by atoms with Crippen molar-refractivity contribution in [2.75, 3.05) is 27.4 Å². The maximum absolute atomic E-state index is 12.8. The third kappa shape index (κ3) is 5.99. The van der Waals surface area contributed by atoms with E-state index in [4.69, 9.17) is 14.2 Å². The number of halogens is 1. The van der Waals surface area contributed by atoms with Crippen molar-refractivity contribution in [3.63, 3.8) is 0 Å². The van der Waals surface area contributed by atoms with Gasteiger partial charge in [-0.2, -0.15) is 0 Å². The summed E-state index contributed by atoms with van der Waals surface area (Å²) in [5.41, 5.74) is 0.845. The van der Waals surface area contributed by atoms with E-state index in [0.29, 0.717) is 36.8 Å². The number of methoxy groups -OCH3 is 2. The minimum Gasteiger partial charge on any atom is -0.494 e. The second-order valence-corrected chi connectivity index (χ2v) is 5.37. The van der Waals surface area contributed by atoms with Gasteiger partial charge in [0.15, 0.2) is 11.5 Å².